The summed E-state index contributed by atoms with van der Waals surface area (Å²) < 4.78 is 0. The average Bonchev–Trinajstić information content (AvgIpc) is 2.46. The second-order valence-corrected chi connectivity index (χ2v) is 5.37. The quantitative estimate of drug-likeness (QED) is 0.840. The fourth-order valence-corrected chi connectivity index (χ4v) is 2.81. The van der Waals surface area contributed by atoms with Gasteiger partial charge in [0.1, 0.15) is 0 Å². The molecule has 0 atom stereocenters. The van der Waals surface area contributed by atoms with E-state index in [0.717, 1.165) is 5.92 Å². The van der Waals surface area contributed by atoms with Gasteiger partial charge in [0, 0.05) is 31.5 Å². The van der Waals surface area contributed by atoms with Crippen molar-refractivity contribution in [2.24, 2.45) is 5.92 Å². The molecule has 0 unspecified atom stereocenters. The second kappa shape index (κ2) is 6.67. The largest absolute Gasteiger partial charge is 0.388 e. The van der Waals surface area contributed by atoms with E-state index >= 15 is 0 Å². The van der Waals surface area contributed by atoms with Crippen LogP contribution < -0.4 is 10.2 Å². The van der Waals surface area contributed by atoms with Gasteiger partial charge in [-0.2, -0.15) is 0 Å². The lowest BCUT2D eigenvalue weighted by atomic mass is 9.91. The van der Waals surface area contributed by atoms with E-state index in [0.29, 0.717) is 0 Å². The number of rotatable bonds is 5. The molecule has 0 radical (unpaired) electrons. The highest BCUT2D eigenvalue weighted by Gasteiger charge is 2.18. The van der Waals surface area contributed by atoms with Gasteiger partial charge in [-0.1, -0.05) is 26.2 Å². The molecular formula is C16H26N2. The van der Waals surface area contributed by atoms with E-state index in [-0.39, 0.29) is 0 Å². The van der Waals surface area contributed by atoms with Crippen LogP contribution >= 0.6 is 0 Å². The summed E-state index contributed by atoms with van der Waals surface area (Å²) in [5.41, 5.74) is 2.57. The topological polar surface area (TPSA) is 15.3 Å². The molecular weight excluding hydrogens is 220 g/mol. The number of unbranched alkanes of at least 4 members (excludes halogenated alkanes) is 1. The highest BCUT2D eigenvalue weighted by atomic mass is 15.1. The second-order valence-electron chi connectivity index (χ2n) is 5.37. The Morgan fingerprint density at radius 3 is 2.39 bits per heavy atom. The Hall–Kier alpha value is -1.18. The van der Waals surface area contributed by atoms with Crippen molar-refractivity contribution in [1.29, 1.82) is 0 Å². The number of benzene rings is 1. The lowest BCUT2D eigenvalue weighted by Gasteiger charge is -2.33. The van der Waals surface area contributed by atoms with Crippen molar-refractivity contribution in [3.8, 4) is 0 Å². The van der Waals surface area contributed by atoms with Crippen LogP contribution in [0.1, 0.15) is 39.0 Å². The zero-order chi connectivity index (χ0) is 12.8. The molecule has 1 aromatic carbocycles. The van der Waals surface area contributed by atoms with Crippen molar-refractivity contribution in [2.75, 3.05) is 30.4 Å². The van der Waals surface area contributed by atoms with Crippen LogP contribution in [-0.2, 0) is 0 Å². The Bertz CT molecular complexity index is 337. The fourth-order valence-electron chi connectivity index (χ4n) is 2.81. The van der Waals surface area contributed by atoms with Crippen molar-refractivity contribution >= 4 is 11.4 Å². The van der Waals surface area contributed by atoms with Gasteiger partial charge in [0.25, 0.3) is 0 Å². The third kappa shape index (κ3) is 3.41. The van der Waals surface area contributed by atoms with Crippen LogP contribution in [-0.4, -0.2) is 20.1 Å². The van der Waals surface area contributed by atoms with Crippen LogP contribution in [0.25, 0.3) is 0 Å². The van der Waals surface area contributed by atoms with E-state index < -0.39 is 0 Å². The maximum atomic E-state index is 3.17. The Balaban J connectivity index is 1.84. The molecule has 0 saturated carbocycles. The minimum Gasteiger partial charge on any atom is -0.388 e. The first-order valence-corrected chi connectivity index (χ1v) is 7.36. The zero-order valence-electron chi connectivity index (χ0n) is 11.8. The summed E-state index contributed by atoms with van der Waals surface area (Å²) in [5.74, 6) is 0.970. The zero-order valence-corrected chi connectivity index (χ0v) is 11.8. The molecule has 2 nitrogen and oxygen atoms in total. The first-order chi connectivity index (χ1) is 8.83. The van der Waals surface area contributed by atoms with Crippen molar-refractivity contribution in [1.82, 2.24) is 0 Å². The molecule has 0 amide bonds. The number of hydrogen-bond donors (Lipinski definition) is 1. The minimum atomic E-state index is 0.970. The van der Waals surface area contributed by atoms with Crippen molar-refractivity contribution in [3.05, 3.63) is 24.3 Å². The fraction of sp³-hybridized carbons (Fsp3) is 0.625. The number of anilines is 2. The molecule has 1 heterocycles. The number of nitrogens with one attached hydrogen (secondary N) is 1. The average molecular weight is 246 g/mol. The SMILES string of the molecule is CCCCC1CCN(c2ccc(NC)cc2)CC1. The molecule has 100 valence electrons. The first-order valence-electron chi connectivity index (χ1n) is 7.36. The van der Waals surface area contributed by atoms with Crippen molar-refractivity contribution in [2.45, 2.75) is 39.0 Å². The molecule has 1 aromatic rings. The van der Waals surface area contributed by atoms with Gasteiger partial charge in [-0.25, -0.2) is 0 Å². The van der Waals surface area contributed by atoms with Crippen LogP contribution in [0.5, 0.6) is 0 Å². The summed E-state index contributed by atoms with van der Waals surface area (Å²) in [4.78, 5) is 2.53. The monoisotopic (exact) mass is 246 g/mol. The molecule has 2 heteroatoms. The highest BCUT2D eigenvalue weighted by Crippen LogP contribution is 2.27. The normalized spacial score (nSPS) is 16.9. The Morgan fingerprint density at radius 1 is 1.17 bits per heavy atom. The molecule has 0 aromatic heterocycles. The highest BCUT2D eigenvalue weighted by molar-refractivity contribution is 5.55. The smallest absolute Gasteiger partial charge is 0.0367 e. The summed E-state index contributed by atoms with van der Waals surface area (Å²) in [6.45, 7) is 4.75. The molecule has 0 spiro atoms. The summed E-state index contributed by atoms with van der Waals surface area (Å²) in [6.07, 6.45) is 6.91. The van der Waals surface area contributed by atoms with E-state index in [1.807, 2.05) is 7.05 Å². The van der Waals surface area contributed by atoms with Gasteiger partial charge < -0.3 is 10.2 Å². The van der Waals surface area contributed by atoms with Gasteiger partial charge in [-0.05, 0) is 43.0 Å². The van der Waals surface area contributed by atoms with E-state index in [9.17, 15) is 0 Å². The van der Waals surface area contributed by atoms with E-state index in [1.165, 1.54) is 56.6 Å². The maximum Gasteiger partial charge on any atom is 0.0367 e. The summed E-state index contributed by atoms with van der Waals surface area (Å²) in [6, 6.07) is 8.80. The molecule has 1 aliphatic heterocycles. The third-order valence-corrected chi connectivity index (χ3v) is 4.10. The summed E-state index contributed by atoms with van der Waals surface area (Å²) in [7, 11) is 1.97. The summed E-state index contributed by atoms with van der Waals surface area (Å²) >= 11 is 0. The van der Waals surface area contributed by atoms with Crippen LogP contribution in [0.15, 0.2) is 24.3 Å². The van der Waals surface area contributed by atoms with E-state index in [4.69, 9.17) is 0 Å². The first kappa shape index (κ1) is 13.3. The maximum absolute atomic E-state index is 3.17. The molecule has 2 rings (SSSR count). The van der Waals surface area contributed by atoms with Gasteiger partial charge >= 0.3 is 0 Å². The third-order valence-electron chi connectivity index (χ3n) is 4.10. The van der Waals surface area contributed by atoms with Gasteiger partial charge in [0.15, 0.2) is 0 Å². The predicted octanol–water partition coefficient (Wildman–Crippen LogP) is 4.13. The van der Waals surface area contributed by atoms with Crippen molar-refractivity contribution in [3.63, 3.8) is 0 Å². The van der Waals surface area contributed by atoms with Gasteiger partial charge in [-0.15, -0.1) is 0 Å². The Kier molecular flexibility index (Phi) is 4.91. The van der Waals surface area contributed by atoms with Crippen LogP contribution in [0.3, 0.4) is 0 Å². The number of nitrogens with zero attached hydrogens (tertiary/aromatic N) is 1. The molecule has 18 heavy (non-hydrogen) atoms. The number of piperidine rings is 1. The number of hydrogen-bond acceptors (Lipinski definition) is 2. The molecule has 0 aliphatic carbocycles. The van der Waals surface area contributed by atoms with Gasteiger partial charge in [0.05, 0.1) is 0 Å². The lowest BCUT2D eigenvalue weighted by Crippen LogP contribution is -2.33. The molecule has 1 aliphatic rings. The predicted molar refractivity (Wildman–Crippen MR) is 80.5 cm³/mol. The van der Waals surface area contributed by atoms with E-state index in [2.05, 4.69) is 41.4 Å². The Morgan fingerprint density at radius 2 is 1.83 bits per heavy atom. The lowest BCUT2D eigenvalue weighted by molar-refractivity contribution is 0.371. The summed E-state index contributed by atoms with van der Waals surface area (Å²) in [5, 5.41) is 3.17. The van der Waals surface area contributed by atoms with Gasteiger partial charge in [0.2, 0.25) is 0 Å². The minimum absolute atomic E-state index is 0.970. The van der Waals surface area contributed by atoms with Gasteiger partial charge in [-0.3, -0.25) is 0 Å². The van der Waals surface area contributed by atoms with Crippen LogP contribution in [0.2, 0.25) is 0 Å². The standard InChI is InChI=1S/C16H26N2/c1-3-4-5-14-10-12-18(13-11-14)16-8-6-15(17-2)7-9-16/h6-9,14,17H,3-5,10-13H2,1-2H3. The van der Waals surface area contributed by atoms with Crippen LogP contribution in [0, 0.1) is 5.92 Å². The van der Waals surface area contributed by atoms with Crippen molar-refractivity contribution < 1.29 is 0 Å². The molecule has 1 N–H and O–H groups in total. The van der Waals surface area contributed by atoms with Crippen LogP contribution in [0.4, 0.5) is 11.4 Å². The Labute approximate surface area is 111 Å². The molecule has 1 saturated heterocycles. The molecule has 0 bridgehead atoms. The molecule has 1 fully saturated rings. The van der Waals surface area contributed by atoms with E-state index in [1.54, 1.807) is 0 Å².